The molecule has 3 aliphatic heterocycles. The summed E-state index contributed by atoms with van der Waals surface area (Å²) in [4.78, 5) is 45.6. The van der Waals surface area contributed by atoms with Crippen molar-refractivity contribution in [3.05, 3.63) is 88.6 Å². The lowest BCUT2D eigenvalue weighted by Crippen LogP contribution is -2.74. The largest absolute Gasteiger partial charge is 0.480 e. The number of hydrogen-bond donors (Lipinski definition) is 4. The highest BCUT2D eigenvalue weighted by molar-refractivity contribution is 7.87. The van der Waals surface area contributed by atoms with Gasteiger partial charge >= 0.3 is 28.0 Å². The standard InChI is InChI=1S/C53H68N6O11S/c1-36-10-15-39(16-11-36)71(67,68)70-43-17-14-38-30-44-53(66)31-41-40-8-4-5-9-42(40)59(49(41)51-52(53,48(38)50(43)69-51)18-21-58(44)32-37-12-13-37)20-7-3-2-6-19-54-22-24-55(33-45(60)61)26-28-57(35-47(64)65)29-27-56(25-23-54)34-46(62)63/h4-5,8-11,14-17,37,44,51,66H,2-3,6-7,12-13,18-35H2,1H3,(H,60,61)(H,62,63)(H,64,65)/t44-,51-,52-,53+/m0/s1. The molecule has 3 aliphatic carbocycles. The molecule has 3 aromatic carbocycles. The van der Waals surface area contributed by atoms with Gasteiger partial charge in [0.25, 0.3) is 0 Å². The molecule has 382 valence electrons. The van der Waals surface area contributed by atoms with Gasteiger partial charge in [-0.15, -0.1) is 0 Å². The number of carbonyl (C=O) groups is 3. The minimum atomic E-state index is -4.22. The third-order valence-electron chi connectivity index (χ3n) is 16.4. The van der Waals surface area contributed by atoms with Crippen LogP contribution >= 0.6 is 0 Å². The van der Waals surface area contributed by atoms with Crippen molar-refractivity contribution in [2.24, 2.45) is 5.92 Å². The average Bonchev–Trinajstić information content (AvgIpc) is 4.00. The van der Waals surface area contributed by atoms with Crippen LogP contribution in [0.15, 0.2) is 65.6 Å². The summed E-state index contributed by atoms with van der Waals surface area (Å²) < 4.78 is 43.4. The van der Waals surface area contributed by atoms with Gasteiger partial charge in [0.15, 0.2) is 17.6 Å². The number of ether oxygens (including phenoxy) is 1. The van der Waals surface area contributed by atoms with E-state index in [1.54, 1.807) is 35.2 Å². The molecule has 0 unspecified atom stereocenters. The SMILES string of the molecule is Cc1ccc(S(=O)(=O)Oc2ccc3c4c2O[C@H]2c5c(c6ccccc6n5CCCCCCN5CCN(CC(=O)O)CCN(CC(=O)O)CCN(CC(=O)O)CC5)C[C@@]5(O)[C@H](C3)N(CC3CC3)CC[C@]425)cc1. The second-order valence-electron chi connectivity index (χ2n) is 21.1. The van der Waals surface area contributed by atoms with E-state index in [0.29, 0.717) is 89.8 Å². The molecule has 4 aromatic rings. The number of benzene rings is 3. The molecule has 1 saturated carbocycles. The normalized spacial score (nSPS) is 25.4. The predicted octanol–water partition coefficient (Wildman–Crippen LogP) is 4.45. The van der Waals surface area contributed by atoms with Gasteiger partial charge in [-0.2, -0.15) is 8.42 Å². The Balaban J connectivity index is 0.888. The van der Waals surface area contributed by atoms with Crippen molar-refractivity contribution in [2.75, 3.05) is 91.6 Å². The number of para-hydroxylation sites is 1. The van der Waals surface area contributed by atoms with E-state index in [9.17, 15) is 43.2 Å². The molecule has 0 radical (unpaired) electrons. The first-order valence-electron chi connectivity index (χ1n) is 25.6. The second-order valence-corrected chi connectivity index (χ2v) is 22.6. The van der Waals surface area contributed by atoms with E-state index in [4.69, 9.17) is 8.92 Å². The number of aryl methyl sites for hydroxylation is 2. The second kappa shape index (κ2) is 20.1. The van der Waals surface area contributed by atoms with Crippen LogP contribution in [0.25, 0.3) is 10.9 Å². The molecule has 1 aromatic heterocycles. The fourth-order valence-corrected chi connectivity index (χ4v) is 13.7. The van der Waals surface area contributed by atoms with Crippen molar-refractivity contribution in [1.29, 1.82) is 0 Å². The molecular formula is C53H68N6O11S. The zero-order chi connectivity index (χ0) is 49.7. The fraction of sp³-hybridized carbons (Fsp3) is 0.566. The first kappa shape index (κ1) is 49.5. The Bertz CT molecular complexity index is 2730. The Kier molecular flexibility index (Phi) is 14.0. The minimum absolute atomic E-state index is 0.0600. The van der Waals surface area contributed by atoms with E-state index >= 15 is 0 Å². The number of aromatic nitrogens is 1. The van der Waals surface area contributed by atoms with E-state index in [0.717, 1.165) is 84.2 Å². The highest BCUT2D eigenvalue weighted by atomic mass is 32.2. The van der Waals surface area contributed by atoms with Gasteiger partial charge in [0.1, 0.15) is 4.90 Å². The van der Waals surface area contributed by atoms with Crippen molar-refractivity contribution in [3.63, 3.8) is 0 Å². The molecule has 10 rings (SSSR count). The summed E-state index contributed by atoms with van der Waals surface area (Å²) in [5, 5.41) is 43.7. The monoisotopic (exact) mass is 996 g/mol. The molecule has 4 N–H and O–H groups in total. The van der Waals surface area contributed by atoms with Gasteiger partial charge in [-0.25, -0.2) is 0 Å². The highest BCUT2D eigenvalue weighted by Crippen LogP contribution is 2.69. The molecule has 3 fully saturated rings. The Labute approximate surface area is 415 Å². The van der Waals surface area contributed by atoms with Crippen molar-refractivity contribution < 1.29 is 52.1 Å². The molecule has 2 saturated heterocycles. The number of fused-ring (bicyclic) bond motifs is 4. The summed E-state index contributed by atoms with van der Waals surface area (Å²) in [5.74, 6) is -1.67. The van der Waals surface area contributed by atoms with Crippen molar-refractivity contribution in [2.45, 2.75) is 99.3 Å². The van der Waals surface area contributed by atoms with Crippen LogP contribution < -0.4 is 8.92 Å². The summed E-state index contributed by atoms with van der Waals surface area (Å²) in [5.41, 5.74) is 4.12. The van der Waals surface area contributed by atoms with Crippen molar-refractivity contribution in [3.8, 4) is 11.5 Å². The number of aliphatic hydroxyl groups is 1. The molecular weight excluding hydrogens is 929 g/mol. The molecule has 4 heterocycles. The van der Waals surface area contributed by atoms with Gasteiger partial charge in [-0.05, 0) is 99.8 Å². The first-order valence-corrected chi connectivity index (χ1v) is 27.0. The van der Waals surface area contributed by atoms with Gasteiger partial charge in [-0.3, -0.25) is 34.0 Å². The number of likely N-dealkylation sites (tertiary alicyclic amines) is 1. The van der Waals surface area contributed by atoms with E-state index in [1.807, 2.05) is 22.8 Å². The number of unbranched alkanes of at least 4 members (excludes halogenated alkanes) is 3. The van der Waals surface area contributed by atoms with Gasteiger partial charge in [0.05, 0.1) is 36.3 Å². The van der Waals surface area contributed by atoms with Crippen LogP contribution in [0, 0.1) is 12.8 Å². The van der Waals surface area contributed by atoms with E-state index in [2.05, 4.69) is 38.6 Å². The summed E-state index contributed by atoms with van der Waals surface area (Å²) >= 11 is 0. The summed E-state index contributed by atoms with van der Waals surface area (Å²) in [6, 6.07) is 18.6. The van der Waals surface area contributed by atoms with Crippen LogP contribution in [0.4, 0.5) is 0 Å². The lowest BCUT2D eigenvalue weighted by molar-refractivity contribution is -0.173. The number of rotatable bonds is 18. The lowest BCUT2D eigenvalue weighted by Gasteiger charge is -2.63. The number of piperidine rings is 1. The summed E-state index contributed by atoms with van der Waals surface area (Å²) in [6.07, 6.45) is 7.23. The Morgan fingerprint density at radius 1 is 0.732 bits per heavy atom. The van der Waals surface area contributed by atoms with Gasteiger partial charge < -0.3 is 38.8 Å². The number of hydrogen-bond acceptors (Lipinski definition) is 13. The van der Waals surface area contributed by atoms with Crippen LogP contribution in [-0.4, -0.2) is 179 Å². The Morgan fingerprint density at radius 2 is 1.32 bits per heavy atom. The molecule has 18 heteroatoms. The third-order valence-corrected chi connectivity index (χ3v) is 17.7. The third kappa shape index (κ3) is 9.80. The molecule has 0 amide bonds. The topological polar surface area (TPSA) is 206 Å². The quantitative estimate of drug-likeness (QED) is 0.0803. The van der Waals surface area contributed by atoms with Crippen molar-refractivity contribution >= 4 is 38.9 Å². The molecule has 17 nitrogen and oxygen atoms in total. The number of carboxylic acid groups (broad SMARTS) is 3. The van der Waals surface area contributed by atoms with Crippen LogP contribution in [-0.2, 0) is 49.3 Å². The van der Waals surface area contributed by atoms with Gasteiger partial charge in [-0.1, -0.05) is 54.8 Å². The molecule has 2 bridgehead atoms. The maximum absolute atomic E-state index is 13.9. The minimum Gasteiger partial charge on any atom is -0.480 e. The molecule has 1 spiro atoms. The fourth-order valence-electron chi connectivity index (χ4n) is 12.8. The number of aliphatic carboxylic acids is 3. The van der Waals surface area contributed by atoms with E-state index in [-0.39, 0.29) is 36.3 Å². The molecule has 4 atom stereocenters. The predicted molar refractivity (Wildman–Crippen MR) is 265 cm³/mol. The molecule has 71 heavy (non-hydrogen) atoms. The Hall–Kier alpha value is -5.08. The maximum atomic E-state index is 13.9. The zero-order valence-electron chi connectivity index (χ0n) is 40.7. The van der Waals surface area contributed by atoms with Gasteiger partial charge in [0, 0.05) is 94.4 Å². The maximum Gasteiger partial charge on any atom is 0.339 e. The summed E-state index contributed by atoms with van der Waals surface area (Å²) in [6.45, 7) is 8.28. The van der Waals surface area contributed by atoms with Crippen LogP contribution in [0.5, 0.6) is 11.5 Å². The smallest absolute Gasteiger partial charge is 0.339 e. The molecule has 6 aliphatic rings. The average molecular weight is 997 g/mol. The number of carboxylic acids is 3. The van der Waals surface area contributed by atoms with Crippen LogP contribution in [0.1, 0.15) is 79.0 Å². The first-order chi connectivity index (χ1) is 34.1. The summed E-state index contributed by atoms with van der Waals surface area (Å²) in [7, 11) is -4.22. The van der Waals surface area contributed by atoms with Crippen LogP contribution in [0.3, 0.4) is 0 Å². The van der Waals surface area contributed by atoms with Crippen LogP contribution in [0.2, 0.25) is 0 Å². The lowest BCUT2D eigenvalue weighted by atomic mass is 9.49. The van der Waals surface area contributed by atoms with Crippen molar-refractivity contribution in [1.82, 2.24) is 29.1 Å². The van der Waals surface area contributed by atoms with E-state index < -0.39 is 45.1 Å². The van der Waals surface area contributed by atoms with E-state index in [1.165, 1.54) is 12.8 Å². The zero-order valence-corrected chi connectivity index (χ0v) is 41.5. The van der Waals surface area contributed by atoms with Gasteiger partial charge in [0.2, 0.25) is 0 Å². The number of nitrogens with zero attached hydrogens (tertiary/aromatic N) is 6. The highest BCUT2D eigenvalue weighted by Gasteiger charge is 2.73. The Morgan fingerprint density at radius 3 is 1.93 bits per heavy atom.